The van der Waals surface area contributed by atoms with E-state index in [1.54, 1.807) is 19.2 Å². The second-order valence-corrected chi connectivity index (χ2v) is 7.50. The van der Waals surface area contributed by atoms with Gasteiger partial charge in [-0.2, -0.15) is 0 Å². The molecule has 1 heterocycles. The average Bonchev–Trinajstić information content (AvgIpc) is 2.72. The molecule has 1 aliphatic heterocycles. The summed E-state index contributed by atoms with van der Waals surface area (Å²) in [6.45, 7) is 2.75. The summed E-state index contributed by atoms with van der Waals surface area (Å²) in [5.74, 6) is 0.528. The van der Waals surface area contributed by atoms with Gasteiger partial charge in [0.15, 0.2) is 5.96 Å². The lowest BCUT2D eigenvalue weighted by Crippen LogP contribution is -2.48. The topological polar surface area (TPSA) is 45.7 Å². The lowest BCUT2D eigenvalue weighted by molar-refractivity contribution is 0.0513. The molecule has 0 spiro atoms. The Labute approximate surface area is 171 Å². The SMILES string of the molecule is CN=C(NCCc1ccccc1Cl)NCC1(c2cccc(F)c2)CCOCC1. The molecule has 0 amide bonds. The molecule has 28 heavy (non-hydrogen) atoms. The molecule has 0 atom stereocenters. The maximum Gasteiger partial charge on any atom is 0.191 e. The smallest absolute Gasteiger partial charge is 0.191 e. The quantitative estimate of drug-likeness (QED) is 0.567. The highest BCUT2D eigenvalue weighted by Gasteiger charge is 2.34. The Hall–Kier alpha value is -2.11. The number of hydrogen-bond acceptors (Lipinski definition) is 2. The third kappa shape index (κ3) is 5.24. The van der Waals surface area contributed by atoms with Gasteiger partial charge in [-0.1, -0.05) is 41.9 Å². The van der Waals surface area contributed by atoms with Gasteiger partial charge < -0.3 is 15.4 Å². The molecule has 0 bridgehead atoms. The molecular formula is C22H27ClFN3O. The van der Waals surface area contributed by atoms with Crippen molar-refractivity contribution in [1.82, 2.24) is 10.6 Å². The van der Waals surface area contributed by atoms with Gasteiger partial charge in [0.1, 0.15) is 5.82 Å². The molecule has 4 nitrogen and oxygen atoms in total. The van der Waals surface area contributed by atoms with Crippen molar-refractivity contribution in [1.29, 1.82) is 0 Å². The third-order valence-electron chi connectivity index (χ3n) is 5.35. The minimum atomic E-state index is -0.203. The van der Waals surface area contributed by atoms with E-state index in [9.17, 15) is 4.39 Å². The van der Waals surface area contributed by atoms with Crippen molar-refractivity contribution in [2.24, 2.45) is 4.99 Å². The van der Waals surface area contributed by atoms with Crippen LogP contribution in [0, 0.1) is 5.82 Å². The maximum atomic E-state index is 13.8. The van der Waals surface area contributed by atoms with Crippen LogP contribution in [-0.2, 0) is 16.6 Å². The Morgan fingerprint density at radius 3 is 2.64 bits per heavy atom. The molecule has 6 heteroatoms. The van der Waals surface area contributed by atoms with Crippen LogP contribution in [0.4, 0.5) is 4.39 Å². The van der Waals surface area contributed by atoms with Crippen LogP contribution in [0.1, 0.15) is 24.0 Å². The Bertz CT molecular complexity index is 806. The van der Waals surface area contributed by atoms with Crippen LogP contribution in [-0.4, -0.2) is 39.3 Å². The zero-order valence-corrected chi connectivity index (χ0v) is 16.9. The van der Waals surface area contributed by atoms with E-state index in [1.807, 2.05) is 30.3 Å². The molecule has 2 N–H and O–H groups in total. The molecule has 0 aromatic heterocycles. The first kappa shape index (κ1) is 20.6. The Morgan fingerprint density at radius 1 is 1.14 bits per heavy atom. The van der Waals surface area contributed by atoms with Gasteiger partial charge in [-0.15, -0.1) is 0 Å². The fourth-order valence-electron chi connectivity index (χ4n) is 3.64. The van der Waals surface area contributed by atoms with Gasteiger partial charge in [-0.3, -0.25) is 4.99 Å². The highest BCUT2D eigenvalue weighted by atomic mass is 35.5. The van der Waals surface area contributed by atoms with Crippen molar-refractivity contribution in [3.8, 4) is 0 Å². The zero-order chi connectivity index (χ0) is 19.8. The van der Waals surface area contributed by atoms with Crippen molar-refractivity contribution in [3.63, 3.8) is 0 Å². The van der Waals surface area contributed by atoms with Gasteiger partial charge >= 0.3 is 0 Å². The van der Waals surface area contributed by atoms with Crippen molar-refractivity contribution < 1.29 is 9.13 Å². The standard InChI is InChI=1S/C22H27ClFN3O/c1-25-21(26-12-9-17-5-2-3-8-20(17)23)27-16-22(10-13-28-14-11-22)18-6-4-7-19(24)15-18/h2-8,15H,9-14,16H2,1H3,(H2,25,26,27). The summed E-state index contributed by atoms with van der Waals surface area (Å²) in [5.41, 5.74) is 1.95. The van der Waals surface area contributed by atoms with Gasteiger partial charge in [0.05, 0.1) is 0 Å². The Kier molecular flexibility index (Phi) is 7.29. The van der Waals surface area contributed by atoms with E-state index in [2.05, 4.69) is 15.6 Å². The van der Waals surface area contributed by atoms with E-state index in [4.69, 9.17) is 16.3 Å². The first-order valence-corrected chi connectivity index (χ1v) is 10.0. The Morgan fingerprint density at radius 2 is 1.93 bits per heavy atom. The summed E-state index contributed by atoms with van der Waals surface area (Å²) in [7, 11) is 1.75. The molecule has 0 aliphatic carbocycles. The Balaban J connectivity index is 1.61. The number of ether oxygens (including phenoxy) is 1. The molecule has 150 valence electrons. The van der Waals surface area contributed by atoms with Crippen LogP contribution < -0.4 is 10.6 Å². The molecule has 3 rings (SSSR count). The van der Waals surface area contributed by atoms with E-state index in [-0.39, 0.29) is 11.2 Å². The number of guanidine groups is 1. The number of benzene rings is 2. The summed E-state index contributed by atoms with van der Waals surface area (Å²) in [6.07, 6.45) is 2.50. The molecule has 1 aliphatic rings. The second kappa shape index (κ2) is 9.89. The largest absolute Gasteiger partial charge is 0.381 e. The molecule has 2 aromatic rings. The van der Waals surface area contributed by atoms with E-state index >= 15 is 0 Å². The number of rotatable bonds is 6. The monoisotopic (exact) mass is 403 g/mol. The zero-order valence-electron chi connectivity index (χ0n) is 16.2. The second-order valence-electron chi connectivity index (χ2n) is 7.10. The molecule has 2 aromatic carbocycles. The van der Waals surface area contributed by atoms with E-state index in [0.717, 1.165) is 47.9 Å². The van der Waals surface area contributed by atoms with Crippen LogP contribution >= 0.6 is 11.6 Å². The minimum absolute atomic E-state index is 0.166. The molecule has 1 saturated heterocycles. The molecule has 1 fully saturated rings. The third-order valence-corrected chi connectivity index (χ3v) is 5.72. The lowest BCUT2D eigenvalue weighted by Gasteiger charge is -2.38. The maximum absolute atomic E-state index is 13.8. The van der Waals surface area contributed by atoms with Crippen molar-refractivity contribution in [3.05, 3.63) is 70.5 Å². The number of aliphatic imine (C=N–C) groups is 1. The van der Waals surface area contributed by atoms with Gasteiger partial charge in [0, 0.05) is 43.8 Å². The van der Waals surface area contributed by atoms with Crippen LogP contribution in [0.15, 0.2) is 53.5 Å². The van der Waals surface area contributed by atoms with E-state index in [0.29, 0.717) is 19.8 Å². The summed E-state index contributed by atoms with van der Waals surface area (Å²) in [5, 5.41) is 7.54. The van der Waals surface area contributed by atoms with Gasteiger partial charge in [0.25, 0.3) is 0 Å². The van der Waals surface area contributed by atoms with E-state index < -0.39 is 0 Å². The summed E-state index contributed by atoms with van der Waals surface area (Å²) < 4.78 is 19.4. The van der Waals surface area contributed by atoms with Gasteiger partial charge in [-0.05, 0) is 48.6 Å². The van der Waals surface area contributed by atoms with Gasteiger partial charge in [-0.25, -0.2) is 4.39 Å². The average molecular weight is 404 g/mol. The normalized spacial score (nSPS) is 16.6. The summed E-state index contributed by atoms with van der Waals surface area (Å²) in [4.78, 5) is 4.32. The molecule has 0 radical (unpaired) electrons. The predicted octanol–water partition coefficient (Wildman–Crippen LogP) is 3.94. The molecular weight excluding hydrogens is 377 g/mol. The van der Waals surface area contributed by atoms with Crippen LogP contribution in [0.5, 0.6) is 0 Å². The summed E-state index contributed by atoms with van der Waals surface area (Å²) >= 11 is 6.22. The number of hydrogen-bond donors (Lipinski definition) is 2. The fourth-order valence-corrected chi connectivity index (χ4v) is 3.87. The first-order chi connectivity index (χ1) is 13.6. The fraction of sp³-hybridized carbons (Fsp3) is 0.409. The van der Waals surface area contributed by atoms with Crippen molar-refractivity contribution >= 4 is 17.6 Å². The lowest BCUT2D eigenvalue weighted by atomic mass is 9.74. The molecule has 0 saturated carbocycles. The van der Waals surface area contributed by atoms with Crippen LogP contribution in [0.3, 0.4) is 0 Å². The predicted molar refractivity (Wildman–Crippen MR) is 113 cm³/mol. The van der Waals surface area contributed by atoms with Crippen molar-refractivity contribution in [2.75, 3.05) is 33.4 Å². The first-order valence-electron chi connectivity index (χ1n) is 9.65. The van der Waals surface area contributed by atoms with Crippen LogP contribution in [0.2, 0.25) is 5.02 Å². The van der Waals surface area contributed by atoms with Crippen molar-refractivity contribution in [2.45, 2.75) is 24.7 Å². The summed E-state index contributed by atoms with van der Waals surface area (Å²) in [6, 6.07) is 14.8. The minimum Gasteiger partial charge on any atom is -0.381 e. The van der Waals surface area contributed by atoms with Gasteiger partial charge in [0.2, 0.25) is 0 Å². The molecule has 0 unspecified atom stereocenters. The number of nitrogens with zero attached hydrogens (tertiary/aromatic N) is 1. The number of nitrogens with one attached hydrogen (secondary N) is 2. The highest BCUT2D eigenvalue weighted by Crippen LogP contribution is 2.34. The number of halogens is 2. The van der Waals surface area contributed by atoms with E-state index in [1.165, 1.54) is 6.07 Å². The van der Waals surface area contributed by atoms with Crippen LogP contribution in [0.25, 0.3) is 0 Å². The highest BCUT2D eigenvalue weighted by molar-refractivity contribution is 6.31.